The third-order valence-corrected chi connectivity index (χ3v) is 3.63. The highest BCUT2D eigenvalue weighted by molar-refractivity contribution is 5.78. The van der Waals surface area contributed by atoms with Crippen molar-refractivity contribution in [2.24, 2.45) is 5.92 Å². The summed E-state index contributed by atoms with van der Waals surface area (Å²) in [4.78, 5) is 14.2. The number of hydrogen-bond acceptors (Lipinski definition) is 3. The van der Waals surface area contributed by atoms with Crippen molar-refractivity contribution in [3.8, 4) is 0 Å². The van der Waals surface area contributed by atoms with E-state index < -0.39 is 0 Å². The van der Waals surface area contributed by atoms with Gasteiger partial charge in [0.25, 0.3) is 0 Å². The molecule has 3 unspecified atom stereocenters. The summed E-state index contributed by atoms with van der Waals surface area (Å²) in [5.74, 6) is 0.630. The van der Waals surface area contributed by atoms with Gasteiger partial charge in [0.2, 0.25) is 5.91 Å². The van der Waals surface area contributed by atoms with Gasteiger partial charge in [0, 0.05) is 31.2 Å². The maximum absolute atomic E-state index is 11.9. The van der Waals surface area contributed by atoms with Crippen molar-refractivity contribution < 1.29 is 4.79 Å². The Labute approximate surface area is 105 Å². The lowest BCUT2D eigenvalue weighted by molar-refractivity contribution is -0.124. The van der Waals surface area contributed by atoms with E-state index in [1.54, 1.807) is 0 Å². The normalized spacial score (nSPS) is 28.1. The molecule has 1 rings (SSSR count). The highest BCUT2D eigenvalue weighted by atomic mass is 16.2. The molecule has 1 aliphatic rings. The van der Waals surface area contributed by atoms with Gasteiger partial charge in [-0.25, -0.2) is 0 Å². The van der Waals surface area contributed by atoms with Gasteiger partial charge in [-0.3, -0.25) is 9.69 Å². The maximum Gasteiger partial charge on any atom is 0.234 e. The summed E-state index contributed by atoms with van der Waals surface area (Å²) >= 11 is 0. The Balaban J connectivity index is 2.39. The number of carbonyl (C=O) groups excluding carboxylic acids is 1. The van der Waals surface area contributed by atoms with Gasteiger partial charge in [0.1, 0.15) is 0 Å². The van der Waals surface area contributed by atoms with E-state index in [1.807, 2.05) is 0 Å². The zero-order chi connectivity index (χ0) is 13.0. The first-order valence-electron chi connectivity index (χ1n) is 6.67. The first-order chi connectivity index (χ1) is 7.90. The summed E-state index contributed by atoms with van der Waals surface area (Å²) in [5, 5.41) is 6.48. The predicted molar refractivity (Wildman–Crippen MR) is 70.9 cm³/mol. The Morgan fingerprint density at radius 2 is 2.06 bits per heavy atom. The molecule has 0 spiro atoms. The molecular formula is C13H27N3O. The van der Waals surface area contributed by atoms with Gasteiger partial charge < -0.3 is 10.6 Å². The largest absolute Gasteiger partial charge is 0.352 e. The minimum absolute atomic E-state index is 0.146. The molecule has 1 amide bonds. The van der Waals surface area contributed by atoms with Crippen LogP contribution < -0.4 is 10.6 Å². The molecule has 0 aromatic heterocycles. The van der Waals surface area contributed by atoms with Crippen LogP contribution in [-0.2, 0) is 4.79 Å². The Morgan fingerprint density at radius 1 is 1.41 bits per heavy atom. The van der Waals surface area contributed by atoms with Gasteiger partial charge in [-0.2, -0.15) is 0 Å². The molecule has 1 saturated heterocycles. The molecule has 17 heavy (non-hydrogen) atoms. The van der Waals surface area contributed by atoms with Crippen molar-refractivity contribution in [3.05, 3.63) is 0 Å². The van der Waals surface area contributed by atoms with Gasteiger partial charge in [0.05, 0.1) is 6.54 Å². The summed E-state index contributed by atoms with van der Waals surface area (Å²) in [5.41, 5.74) is 0. The second kappa shape index (κ2) is 6.36. The van der Waals surface area contributed by atoms with Crippen LogP contribution in [0.2, 0.25) is 0 Å². The van der Waals surface area contributed by atoms with Crippen LogP contribution in [0.1, 0.15) is 34.6 Å². The number of nitrogens with zero attached hydrogens (tertiary/aromatic N) is 1. The second-order valence-electron chi connectivity index (χ2n) is 5.69. The molecule has 3 atom stereocenters. The Kier molecular flexibility index (Phi) is 5.40. The average Bonchev–Trinajstić information content (AvgIpc) is 2.23. The monoisotopic (exact) mass is 241 g/mol. The molecule has 1 aliphatic heterocycles. The van der Waals surface area contributed by atoms with E-state index in [-0.39, 0.29) is 11.9 Å². The van der Waals surface area contributed by atoms with Crippen LogP contribution in [0.15, 0.2) is 0 Å². The molecule has 0 aliphatic carbocycles. The number of piperazine rings is 1. The van der Waals surface area contributed by atoms with E-state index in [4.69, 9.17) is 0 Å². The summed E-state index contributed by atoms with van der Waals surface area (Å²) in [6, 6.07) is 1.16. The van der Waals surface area contributed by atoms with Crippen molar-refractivity contribution in [1.82, 2.24) is 15.5 Å². The van der Waals surface area contributed by atoms with Crippen LogP contribution in [-0.4, -0.2) is 48.6 Å². The summed E-state index contributed by atoms with van der Waals surface area (Å²) in [7, 11) is 0. The van der Waals surface area contributed by atoms with Gasteiger partial charge in [-0.15, -0.1) is 0 Å². The molecule has 0 aromatic carbocycles. The van der Waals surface area contributed by atoms with Crippen LogP contribution in [0.5, 0.6) is 0 Å². The van der Waals surface area contributed by atoms with E-state index in [2.05, 4.69) is 50.2 Å². The predicted octanol–water partition coefficient (Wildman–Crippen LogP) is 0.829. The zero-order valence-corrected chi connectivity index (χ0v) is 11.8. The number of carbonyl (C=O) groups is 1. The Morgan fingerprint density at radius 3 is 2.65 bits per heavy atom. The fourth-order valence-corrected chi connectivity index (χ4v) is 1.97. The number of rotatable bonds is 4. The first kappa shape index (κ1) is 14.5. The van der Waals surface area contributed by atoms with E-state index in [0.29, 0.717) is 24.5 Å². The Hall–Kier alpha value is -0.610. The molecular weight excluding hydrogens is 214 g/mol. The minimum atomic E-state index is 0.146. The third-order valence-electron chi connectivity index (χ3n) is 3.63. The molecule has 1 heterocycles. The SMILES string of the molecule is CC1CN(CC(=O)NC(C)C(C)C)C(C)CN1. The quantitative estimate of drug-likeness (QED) is 0.766. The van der Waals surface area contributed by atoms with Gasteiger partial charge in [-0.05, 0) is 26.7 Å². The van der Waals surface area contributed by atoms with E-state index in [1.165, 1.54) is 0 Å². The average molecular weight is 241 g/mol. The van der Waals surface area contributed by atoms with Crippen molar-refractivity contribution >= 4 is 5.91 Å². The topological polar surface area (TPSA) is 44.4 Å². The summed E-state index contributed by atoms with van der Waals surface area (Å²) in [6.45, 7) is 13.1. The van der Waals surface area contributed by atoms with Crippen LogP contribution in [0.3, 0.4) is 0 Å². The zero-order valence-electron chi connectivity index (χ0n) is 11.8. The fourth-order valence-electron chi connectivity index (χ4n) is 1.97. The Bertz CT molecular complexity index is 255. The lowest BCUT2D eigenvalue weighted by Crippen LogP contribution is -2.57. The molecule has 4 heteroatoms. The molecule has 0 bridgehead atoms. The van der Waals surface area contributed by atoms with Crippen LogP contribution in [0.25, 0.3) is 0 Å². The van der Waals surface area contributed by atoms with Crippen LogP contribution in [0.4, 0.5) is 0 Å². The minimum Gasteiger partial charge on any atom is -0.352 e. The summed E-state index contributed by atoms with van der Waals surface area (Å²) in [6.07, 6.45) is 0. The second-order valence-corrected chi connectivity index (χ2v) is 5.69. The van der Waals surface area contributed by atoms with E-state index >= 15 is 0 Å². The summed E-state index contributed by atoms with van der Waals surface area (Å²) < 4.78 is 0. The molecule has 0 radical (unpaired) electrons. The van der Waals surface area contributed by atoms with Crippen molar-refractivity contribution in [1.29, 1.82) is 0 Å². The smallest absolute Gasteiger partial charge is 0.234 e. The first-order valence-corrected chi connectivity index (χ1v) is 6.67. The highest BCUT2D eigenvalue weighted by Crippen LogP contribution is 2.06. The van der Waals surface area contributed by atoms with Gasteiger partial charge >= 0.3 is 0 Å². The standard InChI is InChI=1S/C13H27N3O/c1-9(2)12(5)15-13(17)8-16-7-10(3)14-6-11(16)4/h9-12,14H,6-8H2,1-5H3,(H,15,17). The molecule has 0 saturated carbocycles. The van der Waals surface area contributed by atoms with Crippen molar-refractivity contribution in [3.63, 3.8) is 0 Å². The molecule has 1 fully saturated rings. The third kappa shape index (κ3) is 4.64. The molecule has 100 valence electrons. The lowest BCUT2D eigenvalue weighted by atomic mass is 10.1. The fraction of sp³-hybridized carbons (Fsp3) is 0.923. The highest BCUT2D eigenvalue weighted by Gasteiger charge is 2.24. The molecule has 2 N–H and O–H groups in total. The lowest BCUT2D eigenvalue weighted by Gasteiger charge is -2.37. The van der Waals surface area contributed by atoms with Crippen LogP contribution in [0, 0.1) is 5.92 Å². The number of hydrogen-bond donors (Lipinski definition) is 2. The van der Waals surface area contributed by atoms with Crippen molar-refractivity contribution in [2.45, 2.75) is 52.7 Å². The number of nitrogens with one attached hydrogen (secondary N) is 2. The van der Waals surface area contributed by atoms with Gasteiger partial charge in [-0.1, -0.05) is 13.8 Å². The maximum atomic E-state index is 11.9. The molecule has 4 nitrogen and oxygen atoms in total. The van der Waals surface area contributed by atoms with Crippen LogP contribution >= 0.6 is 0 Å². The van der Waals surface area contributed by atoms with Gasteiger partial charge in [0.15, 0.2) is 0 Å². The molecule has 0 aromatic rings. The van der Waals surface area contributed by atoms with Crippen molar-refractivity contribution in [2.75, 3.05) is 19.6 Å². The number of amides is 1. The van der Waals surface area contributed by atoms with E-state index in [9.17, 15) is 4.79 Å². The van der Waals surface area contributed by atoms with E-state index in [0.717, 1.165) is 13.1 Å².